The predicted octanol–water partition coefficient (Wildman–Crippen LogP) is 7.64. The lowest BCUT2D eigenvalue weighted by atomic mass is 9.78. The maximum Gasteiger partial charge on any atom is 0.165 e. The smallest absolute Gasteiger partial charge is 0.165 e. The minimum Gasteiger partial charge on any atom is -0.507 e. The van der Waals surface area contributed by atoms with Crippen molar-refractivity contribution in [3.63, 3.8) is 0 Å². The predicted molar refractivity (Wildman–Crippen MR) is 161 cm³/mol. The van der Waals surface area contributed by atoms with E-state index in [2.05, 4.69) is 0 Å². The number of phenols is 1. The SMILES string of the molecule is CC(C)(C)c1cc(C(=O)CCOC2CC(c3ccccc3)S(=O)(=O)C(c3ccccc3)C2)cc(C(C)(C)C)c1O. The van der Waals surface area contributed by atoms with Gasteiger partial charge in [0.25, 0.3) is 0 Å². The van der Waals surface area contributed by atoms with Gasteiger partial charge in [0.15, 0.2) is 15.6 Å². The summed E-state index contributed by atoms with van der Waals surface area (Å²) in [5, 5.41) is 9.66. The molecule has 3 aromatic rings. The van der Waals surface area contributed by atoms with Gasteiger partial charge in [-0.1, -0.05) is 102 Å². The van der Waals surface area contributed by atoms with E-state index in [9.17, 15) is 18.3 Å². The molecule has 2 atom stereocenters. The molecule has 1 N–H and O–H groups in total. The Balaban J connectivity index is 1.55. The molecule has 40 heavy (non-hydrogen) atoms. The van der Waals surface area contributed by atoms with Gasteiger partial charge in [0.1, 0.15) is 5.75 Å². The number of ketones is 1. The molecule has 0 radical (unpaired) electrons. The van der Waals surface area contributed by atoms with E-state index in [1.54, 1.807) is 12.1 Å². The Morgan fingerprint density at radius 3 is 1.62 bits per heavy atom. The first-order valence-electron chi connectivity index (χ1n) is 14.0. The summed E-state index contributed by atoms with van der Waals surface area (Å²) >= 11 is 0. The Kier molecular flexibility index (Phi) is 8.63. The quantitative estimate of drug-likeness (QED) is 0.299. The second kappa shape index (κ2) is 11.5. The lowest BCUT2D eigenvalue weighted by molar-refractivity contribution is 0.0340. The van der Waals surface area contributed by atoms with E-state index in [4.69, 9.17) is 4.74 Å². The molecule has 0 aliphatic carbocycles. The average molecular weight is 563 g/mol. The highest BCUT2D eigenvalue weighted by molar-refractivity contribution is 7.92. The van der Waals surface area contributed by atoms with Gasteiger partial charge < -0.3 is 9.84 Å². The van der Waals surface area contributed by atoms with E-state index in [1.165, 1.54) is 0 Å². The zero-order valence-corrected chi connectivity index (χ0v) is 25.3. The van der Waals surface area contributed by atoms with Gasteiger partial charge in [0.05, 0.1) is 23.2 Å². The van der Waals surface area contributed by atoms with Gasteiger partial charge in [-0.2, -0.15) is 0 Å². The van der Waals surface area contributed by atoms with Gasteiger partial charge >= 0.3 is 0 Å². The molecule has 1 heterocycles. The normalized spacial score (nSPS) is 21.2. The molecule has 0 amide bonds. The molecule has 6 heteroatoms. The third kappa shape index (κ3) is 6.50. The van der Waals surface area contributed by atoms with Crippen LogP contribution in [0.3, 0.4) is 0 Å². The summed E-state index contributed by atoms with van der Waals surface area (Å²) in [6, 6.07) is 22.3. The summed E-state index contributed by atoms with van der Waals surface area (Å²) in [5.74, 6) is 0.189. The lowest BCUT2D eigenvalue weighted by Crippen LogP contribution is -2.34. The van der Waals surface area contributed by atoms with Crippen LogP contribution in [-0.2, 0) is 25.4 Å². The Bertz CT molecular complexity index is 1340. The summed E-state index contributed by atoms with van der Waals surface area (Å²) in [7, 11) is -3.50. The molecule has 4 rings (SSSR count). The Labute approximate surface area is 239 Å². The molecule has 1 aliphatic rings. The Morgan fingerprint density at radius 1 is 0.800 bits per heavy atom. The monoisotopic (exact) mass is 562 g/mol. The van der Waals surface area contributed by atoms with E-state index in [0.717, 1.165) is 22.3 Å². The third-order valence-corrected chi connectivity index (χ3v) is 10.3. The molecular formula is C34H42O5S. The molecule has 5 nitrogen and oxygen atoms in total. The molecule has 3 aromatic carbocycles. The van der Waals surface area contributed by atoms with Crippen molar-refractivity contribution in [3.8, 4) is 5.75 Å². The Morgan fingerprint density at radius 2 is 1.23 bits per heavy atom. The van der Waals surface area contributed by atoms with Gasteiger partial charge in [-0.3, -0.25) is 4.79 Å². The topological polar surface area (TPSA) is 80.7 Å². The average Bonchev–Trinajstić information content (AvgIpc) is 2.89. The summed E-state index contributed by atoms with van der Waals surface area (Å²) < 4.78 is 33.8. The van der Waals surface area contributed by atoms with Crippen LogP contribution in [0, 0.1) is 0 Å². The molecule has 214 valence electrons. The van der Waals surface area contributed by atoms with Gasteiger partial charge in [-0.15, -0.1) is 0 Å². The number of hydrogen-bond donors (Lipinski definition) is 1. The number of phenolic OH excluding ortho intramolecular Hbond substituents is 1. The van der Waals surface area contributed by atoms with Crippen molar-refractivity contribution in [2.45, 2.75) is 88.2 Å². The first-order valence-corrected chi connectivity index (χ1v) is 15.7. The zero-order valence-electron chi connectivity index (χ0n) is 24.5. The van der Waals surface area contributed by atoms with Crippen LogP contribution < -0.4 is 0 Å². The number of rotatable bonds is 7. The van der Waals surface area contributed by atoms with E-state index in [-0.39, 0.29) is 41.5 Å². The number of hydrogen-bond acceptors (Lipinski definition) is 5. The summed E-state index contributed by atoms with van der Waals surface area (Å²) in [6.07, 6.45) is 0.575. The molecule has 1 fully saturated rings. The largest absolute Gasteiger partial charge is 0.507 e. The number of ether oxygens (including phenoxy) is 1. The van der Waals surface area contributed by atoms with Crippen LogP contribution in [0.5, 0.6) is 5.75 Å². The highest BCUT2D eigenvalue weighted by Crippen LogP contribution is 2.46. The van der Waals surface area contributed by atoms with Crippen LogP contribution in [0.25, 0.3) is 0 Å². The van der Waals surface area contributed by atoms with Gasteiger partial charge in [0.2, 0.25) is 0 Å². The zero-order chi connectivity index (χ0) is 29.3. The van der Waals surface area contributed by atoms with Crippen molar-refractivity contribution in [1.29, 1.82) is 0 Å². The summed E-state index contributed by atoms with van der Waals surface area (Å²) in [4.78, 5) is 13.4. The fourth-order valence-corrected chi connectivity index (χ4v) is 8.00. The number of aromatic hydroxyl groups is 1. The highest BCUT2D eigenvalue weighted by Gasteiger charge is 2.43. The molecule has 2 unspecified atom stereocenters. The number of Topliss-reactive ketones (excluding diaryl/α,β-unsaturated/α-hetero) is 1. The highest BCUT2D eigenvalue weighted by atomic mass is 32.2. The van der Waals surface area contributed by atoms with Gasteiger partial charge in [-0.05, 0) is 46.9 Å². The van der Waals surface area contributed by atoms with Gasteiger partial charge in [-0.25, -0.2) is 8.42 Å². The van der Waals surface area contributed by atoms with Crippen molar-refractivity contribution in [2.75, 3.05) is 6.61 Å². The first-order chi connectivity index (χ1) is 18.7. The maximum atomic E-state index is 13.7. The molecule has 0 bridgehead atoms. The van der Waals surface area contributed by atoms with E-state index in [1.807, 2.05) is 102 Å². The van der Waals surface area contributed by atoms with Crippen LogP contribution in [0.15, 0.2) is 72.8 Å². The molecular weight excluding hydrogens is 520 g/mol. The number of carbonyl (C=O) groups excluding carboxylic acids is 1. The molecule has 0 aromatic heterocycles. The van der Waals surface area contributed by atoms with E-state index < -0.39 is 20.3 Å². The van der Waals surface area contributed by atoms with E-state index in [0.29, 0.717) is 18.4 Å². The fraction of sp³-hybridized carbons (Fsp3) is 0.441. The lowest BCUT2D eigenvalue weighted by Gasteiger charge is -2.35. The molecule has 0 saturated carbocycles. The fourth-order valence-electron chi connectivity index (χ4n) is 5.56. The first kappa shape index (κ1) is 30.0. The molecule has 0 spiro atoms. The van der Waals surface area contributed by atoms with Crippen molar-refractivity contribution in [2.24, 2.45) is 0 Å². The standard InChI is InChI=1S/C34H42O5S/c1-33(2,3)27-19-25(20-28(32(27)36)34(4,5)6)29(35)17-18-39-26-21-30(23-13-9-7-10-14-23)40(37,38)31(22-26)24-15-11-8-12-16-24/h7-16,19-20,26,30-31,36H,17-18,21-22H2,1-6H3. The van der Waals surface area contributed by atoms with Crippen molar-refractivity contribution < 1.29 is 23.1 Å². The summed E-state index contributed by atoms with van der Waals surface area (Å²) in [5.41, 5.74) is 2.93. The Hall–Kier alpha value is -2.96. The van der Waals surface area contributed by atoms with Crippen LogP contribution >= 0.6 is 0 Å². The minimum atomic E-state index is -3.50. The van der Waals surface area contributed by atoms with Crippen LogP contribution in [-0.4, -0.2) is 32.0 Å². The second-order valence-electron chi connectivity index (χ2n) is 12.9. The maximum absolute atomic E-state index is 13.7. The minimum absolute atomic E-state index is 0.0568. The molecule has 1 aliphatic heterocycles. The van der Waals surface area contributed by atoms with E-state index >= 15 is 0 Å². The van der Waals surface area contributed by atoms with Crippen molar-refractivity contribution in [1.82, 2.24) is 0 Å². The number of carbonyl (C=O) groups is 1. The summed E-state index contributed by atoms with van der Waals surface area (Å²) in [6.45, 7) is 12.3. The number of benzene rings is 3. The van der Waals surface area contributed by atoms with Crippen molar-refractivity contribution >= 4 is 15.6 Å². The van der Waals surface area contributed by atoms with Gasteiger partial charge in [0, 0.05) is 23.1 Å². The third-order valence-electron chi connectivity index (χ3n) is 7.82. The molecule has 1 saturated heterocycles. The second-order valence-corrected chi connectivity index (χ2v) is 15.3. The van der Waals surface area contributed by atoms with Crippen LogP contribution in [0.1, 0.15) is 104 Å². The van der Waals surface area contributed by atoms with Crippen LogP contribution in [0.4, 0.5) is 0 Å². The number of sulfone groups is 1. The van der Waals surface area contributed by atoms with Crippen LogP contribution in [0.2, 0.25) is 0 Å². The van der Waals surface area contributed by atoms with Crippen molar-refractivity contribution in [3.05, 3.63) is 101 Å².